The van der Waals surface area contributed by atoms with Crippen molar-refractivity contribution in [3.8, 4) is 5.75 Å². The van der Waals surface area contributed by atoms with Crippen molar-refractivity contribution in [1.29, 1.82) is 0 Å². The molecule has 0 aliphatic carbocycles. The van der Waals surface area contributed by atoms with Gasteiger partial charge in [-0.05, 0) is 30.7 Å². The average Bonchev–Trinajstić information content (AvgIpc) is 2.50. The van der Waals surface area contributed by atoms with Crippen molar-refractivity contribution in [2.45, 2.75) is 26.0 Å². The van der Waals surface area contributed by atoms with Crippen molar-refractivity contribution in [3.05, 3.63) is 65.2 Å². The van der Waals surface area contributed by atoms with Crippen LogP contribution < -0.4 is 10.1 Å². The second kappa shape index (κ2) is 7.48. The van der Waals surface area contributed by atoms with E-state index in [1.807, 2.05) is 49.5 Å². The molecule has 2 rings (SSSR count). The van der Waals surface area contributed by atoms with Gasteiger partial charge in [0.25, 0.3) is 0 Å². The number of hydrogen-bond donors (Lipinski definition) is 1. The van der Waals surface area contributed by atoms with E-state index < -0.39 is 0 Å². The fraction of sp³-hybridized carbons (Fsp3) is 0.333. The highest BCUT2D eigenvalue weighted by molar-refractivity contribution is 6.32. The predicted molar refractivity (Wildman–Crippen MR) is 88.9 cm³/mol. The van der Waals surface area contributed by atoms with E-state index in [9.17, 15) is 0 Å². The van der Waals surface area contributed by atoms with Gasteiger partial charge in [-0.25, -0.2) is 0 Å². The third-order valence-electron chi connectivity index (χ3n) is 3.55. The SMILES string of the molecule is CNC(c1ccccc1)C(Oc1ccccc1Cl)C(C)C. The molecule has 0 fully saturated rings. The summed E-state index contributed by atoms with van der Waals surface area (Å²) in [6.07, 6.45) is -0.00250. The normalized spacial score (nSPS) is 14.0. The second-order valence-corrected chi connectivity index (χ2v) is 5.84. The van der Waals surface area contributed by atoms with Crippen LogP contribution in [0.5, 0.6) is 5.75 Å². The molecule has 2 nitrogen and oxygen atoms in total. The maximum Gasteiger partial charge on any atom is 0.138 e. The van der Waals surface area contributed by atoms with Gasteiger partial charge < -0.3 is 10.1 Å². The first kappa shape index (κ1) is 15.9. The van der Waals surface area contributed by atoms with E-state index in [-0.39, 0.29) is 12.1 Å². The zero-order chi connectivity index (χ0) is 15.2. The molecule has 112 valence electrons. The summed E-state index contributed by atoms with van der Waals surface area (Å²) in [5.74, 6) is 1.08. The standard InChI is InChI=1S/C18H22ClNO/c1-13(2)18(21-16-12-8-7-11-15(16)19)17(20-3)14-9-5-4-6-10-14/h4-13,17-18,20H,1-3H3. The van der Waals surface area contributed by atoms with Crippen LogP contribution in [0.2, 0.25) is 5.02 Å². The molecule has 2 aromatic carbocycles. The van der Waals surface area contributed by atoms with Gasteiger partial charge in [-0.15, -0.1) is 0 Å². The van der Waals surface area contributed by atoms with Crippen LogP contribution >= 0.6 is 11.6 Å². The molecule has 2 atom stereocenters. The van der Waals surface area contributed by atoms with Crippen LogP contribution in [0, 0.1) is 5.92 Å². The molecule has 0 spiro atoms. The van der Waals surface area contributed by atoms with Gasteiger partial charge in [0.05, 0.1) is 11.1 Å². The van der Waals surface area contributed by atoms with E-state index in [0.29, 0.717) is 10.9 Å². The number of hydrogen-bond acceptors (Lipinski definition) is 2. The van der Waals surface area contributed by atoms with E-state index in [1.165, 1.54) is 5.56 Å². The molecule has 2 aromatic rings. The Morgan fingerprint density at radius 2 is 1.57 bits per heavy atom. The van der Waals surface area contributed by atoms with Gasteiger partial charge >= 0.3 is 0 Å². The summed E-state index contributed by atoms with van der Waals surface area (Å²) in [4.78, 5) is 0. The highest BCUT2D eigenvalue weighted by Crippen LogP contribution is 2.30. The van der Waals surface area contributed by atoms with Gasteiger partial charge in [0.1, 0.15) is 11.9 Å². The highest BCUT2D eigenvalue weighted by atomic mass is 35.5. The zero-order valence-corrected chi connectivity index (χ0v) is 13.5. The minimum atomic E-state index is -0.00250. The summed E-state index contributed by atoms with van der Waals surface area (Å²) in [7, 11) is 1.96. The van der Waals surface area contributed by atoms with Crippen LogP contribution in [0.1, 0.15) is 25.5 Å². The fourth-order valence-electron chi connectivity index (χ4n) is 2.46. The van der Waals surface area contributed by atoms with Crippen molar-refractivity contribution >= 4 is 11.6 Å². The molecule has 2 unspecified atom stereocenters. The van der Waals surface area contributed by atoms with Crippen LogP contribution in [-0.4, -0.2) is 13.2 Å². The number of likely N-dealkylation sites (N-methyl/N-ethyl adjacent to an activating group) is 1. The van der Waals surface area contributed by atoms with Gasteiger partial charge in [0.2, 0.25) is 0 Å². The molecule has 0 radical (unpaired) electrons. The van der Waals surface area contributed by atoms with E-state index in [0.717, 1.165) is 5.75 Å². The fourth-order valence-corrected chi connectivity index (χ4v) is 2.64. The molecule has 3 heteroatoms. The quantitative estimate of drug-likeness (QED) is 0.835. The third kappa shape index (κ3) is 3.99. The van der Waals surface area contributed by atoms with Gasteiger partial charge in [-0.2, -0.15) is 0 Å². The summed E-state index contributed by atoms with van der Waals surface area (Å²) in [6.45, 7) is 4.32. The molecule has 0 aliphatic rings. The second-order valence-electron chi connectivity index (χ2n) is 5.43. The van der Waals surface area contributed by atoms with E-state index in [4.69, 9.17) is 16.3 Å². The third-order valence-corrected chi connectivity index (χ3v) is 3.87. The maximum atomic E-state index is 6.22. The Morgan fingerprint density at radius 1 is 0.952 bits per heavy atom. The Hall–Kier alpha value is -1.51. The first-order valence-corrected chi connectivity index (χ1v) is 7.64. The van der Waals surface area contributed by atoms with Crippen molar-refractivity contribution in [3.63, 3.8) is 0 Å². The molecule has 0 saturated carbocycles. The van der Waals surface area contributed by atoms with Crippen molar-refractivity contribution in [1.82, 2.24) is 5.32 Å². The molecule has 21 heavy (non-hydrogen) atoms. The Labute approximate surface area is 132 Å². The number of nitrogens with one attached hydrogen (secondary N) is 1. The van der Waals surface area contributed by atoms with E-state index >= 15 is 0 Å². The first-order valence-electron chi connectivity index (χ1n) is 7.27. The molecule has 0 heterocycles. The Balaban J connectivity index is 2.28. The Kier molecular flexibility index (Phi) is 5.66. The maximum absolute atomic E-state index is 6.22. The molecule has 0 bridgehead atoms. The van der Waals surface area contributed by atoms with Crippen LogP contribution in [0.15, 0.2) is 54.6 Å². The van der Waals surface area contributed by atoms with Crippen molar-refractivity contribution in [2.24, 2.45) is 5.92 Å². The lowest BCUT2D eigenvalue weighted by atomic mass is 9.93. The number of ether oxygens (including phenoxy) is 1. The zero-order valence-electron chi connectivity index (χ0n) is 12.7. The molecule has 0 amide bonds. The molecular formula is C18H22ClNO. The number of benzene rings is 2. The van der Waals surface area contributed by atoms with Gasteiger partial charge in [-0.1, -0.05) is 67.9 Å². The minimum Gasteiger partial charge on any atom is -0.487 e. The first-order chi connectivity index (χ1) is 10.1. The predicted octanol–water partition coefficient (Wildman–Crippen LogP) is 4.70. The van der Waals surface area contributed by atoms with Crippen molar-refractivity contribution < 1.29 is 4.74 Å². The van der Waals surface area contributed by atoms with E-state index in [2.05, 4.69) is 31.3 Å². The average molecular weight is 304 g/mol. The summed E-state index contributed by atoms with van der Waals surface area (Å²) < 4.78 is 6.22. The monoisotopic (exact) mass is 303 g/mol. The lowest BCUT2D eigenvalue weighted by Crippen LogP contribution is -2.37. The summed E-state index contributed by atoms with van der Waals surface area (Å²) >= 11 is 6.22. The molecular weight excluding hydrogens is 282 g/mol. The number of halogens is 1. The lowest BCUT2D eigenvalue weighted by molar-refractivity contribution is 0.111. The topological polar surface area (TPSA) is 21.3 Å². The van der Waals surface area contributed by atoms with Crippen LogP contribution in [0.25, 0.3) is 0 Å². The van der Waals surface area contributed by atoms with Crippen molar-refractivity contribution in [2.75, 3.05) is 7.05 Å². The molecule has 0 aliphatic heterocycles. The molecule has 1 N–H and O–H groups in total. The van der Waals surface area contributed by atoms with Crippen LogP contribution in [0.3, 0.4) is 0 Å². The van der Waals surface area contributed by atoms with Crippen LogP contribution in [0.4, 0.5) is 0 Å². The van der Waals surface area contributed by atoms with E-state index in [1.54, 1.807) is 0 Å². The molecule has 0 saturated heterocycles. The van der Waals surface area contributed by atoms with Gasteiger partial charge in [0, 0.05) is 0 Å². The van der Waals surface area contributed by atoms with Crippen LogP contribution in [-0.2, 0) is 0 Å². The highest BCUT2D eigenvalue weighted by Gasteiger charge is 2.27. The molecule has 0 aromatic heterocycles. The summed E-state index contributed by atoms with van der Waals surface area (Å²) in [6, 6.07) is 18.1. The summed E-state index contributed by atoms with van der Waals surface area (Å²) in [5.41, 5.74) is 1.21. The Morgan fingerprint density at radius 3 is 2.14 bits per heavy atom. The van der Waals surface area contributed by atoms with Gasteiger partial charge in [-0.3, -0.25) is 0 Å². The van der Waals surface area contributed by atoms with Gasteiger partial charge in [0.15, 0.2) is 0 Å². The smallest absolute Gasteiger partial charge is 0.138 e. The Bertz CT molecular complexity index is 556. The lowest BCUT2D eigenvalue weighted by Gasteiger charge is -2.31. The summed E-state index contributed by atoms with van der Waals surface area (Å²) in [5, 5.41) is 4.02. The largest absolute Gasteiger partial charge is 0.487 e. The number of para-hydroxylation sites is 1. The minimum absolute atomic E-state index is 0.00250. The number of rotatable bonds is 6.